The van der Waals surface area contributed by atoms with Gasteiger partial charge in [-0.2, -0.15) is 0 Å². The molecule has 1 aliphatic rings. The van der Waals surface area contributed by atoms with Crippen LogP contribution >= 0.6 is 23.2 Å². The molecule has 96 valence electrons. The summed E-state index contributed by atoms with van der Waals surface area (Å²) in [7, 11) is 0. The van der Waals surface area contributed by atoms with E-state index in [-0.39, 0.29) is 11.7 Å². The van der Waals surface area contributed by atoms with Crippen molar-refractivity contribution in [3.05, 3.63) is 69.2 Å². The summed E-state index contributed by atoms with van der Waals surface area (Å²) in [4.78, 5) is 12.0. The largest absolute Gasteiger partial charge is 0.384 e. The highest BCUT2D eigenvalue weighted by molar-refractivity contribution is 6.31. The Morgan fingerprint density at radius 3 is 2.26 bits per heavy atom. The van der Waals surface area contributed by atoms with E-state index in [0.717, 1.165) is 11.1 Å². The number of carbonyl (C=O) groups is 1. The fraction of sp³-hybridized carbons (Fsp3) is 0.133. The molecule has 0 aliphatic heterocycles. The maximum absolute atomic E-state index is 12.0. The number of aliphatic hydroxyl groups is 1. The Morgan fingerprint density at radius 1 is 0.947 bits per heavy atom. The lowest BCUT2D eigenvalue weighted by molar-refractivity contribution is 0.0754. The lowest BCUT2D eigenvalue weighted by Gasteiger charge is -2.15. The Balaban J connectivity index is 2.15. The number of benzene rings is 2. The zero-order valence-electron chi connectivity index (χ0n) is 9.81. The summed E-state index contributed by atoms with van der Waals surface area (Å²) in [6.45, 7) is 0. The van der Waals surface area contributed by atoms with Crippen LogP contribution in [0.5, 0.6) is 0 Å². The molecule has 1 aliphatic carbocycles. The molecule has 0 spiro atoms. The lowest BCUT2D eigenvalue weighted by Crippen LogP contribution is -2.20. The van der Waals surface area contributed by atoms with Crippen LogP contribution in [0.1, 0.15) is 27.4 Å². The number of carbonyl (C=O) groups excluding carboxylic acids is 1. The predicted molar refractivity (Wildman–Crippen MR) is 75.1 cm³/mol. The van der Waals surface area contributed by atoms with E-state index >= 15 is 0 Å². The van der Waals surface area contributed by atoms with Crippen LogP contribution in [0, 0.1) is 0 Å². The first-order chi connectivity index (χ1) is 9.08. The van der Waals surface area contributed by atoms with Gasteiger partial charge in [-0.25, -0.2) is 0 Å². The number of rotatable bonds is 1. The summed E-state index contributed by atoms with van der Waals surface area (Å²) in [6, 6.07) is 12.2. The molecule has 0 saturated carbocycles. The highest BCUT2D eigenvalue weighted by Crippen LogP contribution is 2.39. The minimum atomic E-state index is -1.06. The van der Waals surface area contributed by atoms with Crippen molar-refractivity contribution in [2.45, 2.75) is 12.0 Å². The van der Waals surface area contributed by atoms with E-state index in [0.29, 0.717) is 15.6 Å². The number of aliphatic hydroxyl groups excluding tert-OH is 1. The number of halogens is 2. The standard InChI is InChI=1S/C15H10Cl2O2/c16-9-3-1-8(2-4-9)13-12-7-10(17)5-6-11(12)14(18)15(13)19/h1-7,13,15,19H/t13-,15-/m1/s1. The number of fused-ring (bicyclic) bond motifs is 1. The molecule has 2 aromatic carbocycles. The van der Waals surface area contributed by atoms with E-state index in [1.165, 1.54) is 0 Å². The summed E-state index contributed by atoms with van der Waals surface area (Å²) in [5, 5.41) is 11.3. The molecule has 4 heteroatoms. The molecule has 0 fully saturated rings. The third-order valence-corrected chi connectivity index (χ3v) is 3.91. The van der Waals surface area contributed by atoms with Gasteiger partial charge in [-0.15, -0.1) is 0 Å². The molecule has 0 radical (unpaired) electrons. The highest BCUT2D eigenvalue weighted by Gasteiger charge is 2.39. The Labute approximate surface area is 120 Å². The molecule has 0 unspecified atom stereocenters. The van der Waals surface area contributed by atoms with Gasteiger partial charge in [0.25, 0.3) is 0 Å². The van der Waals surface area contributed by atoms with Crippen molar-refractivity contribution in [3.63, 3.8) is 0 Å². The smallest absolute Gasteiger partial charge is 0.192 e. The predicted octanol–water partition coefficient (Wildman–Crippen LogP) is 3.68. The second-order valence-electron chi connectivity index (χ2n) is 4.57. The van der Waals surface area contributed by atoms with E-state index in [2.05, 4.69) is 0 Å². The van der Waals surface area contributed by atoms with Crippen molar-refractivity contribution in [3.8, 4) is 0 Å². The van der Waals surface area contributed by atoms with E-state index in [1.54, 1.807) is 30.3 Å². The van der Waals surface area contributed by atoms with Crippen molar-refractivity contribution in [2.24, 2.45) is 0 Å². The second-order valence-corrected chi connectivity index (χ2v) is 5.44. The van der Waals surface area contributed by atoms with Gasteiger partial charge >= 0.3 is 0 Å². The summed E-state index contributed by atoms with van der Waals surface area (Å²) in [5.41, 5.74) is 2.16. The van der Waals surface area contributed by atoms with Crippen LogP contribution in [-0.2, 0) is 0 Å². The maximum Gasteiger partial charge on any atom is 0.192 e. The topological polar surface area (TPSA) is 37.3 Å². The van der Waals surface area contributed by atoms with Gasteiger partial charge < -0.3 is 5.11 Å². The van der Waals surface area contributed by atoms with Crippen LogP contribution in [0.25, 0.3) is 0 Å². The van der Waals surface area contributed by atoms with E-state index in [4.69, 9.17) is 23.2 Å². The van der Waals surface area contributed by atoms with Gasteiger partial charge in [0.1, 0.15) is 6.10 Å². The molecule has 19 heavy (non-hydrogen) atoms. The Bertz CT molecular complexity index is 650. The van der Waals surface area contributed by atoms with Crippen LogP contribution in [0.4, 0.5) is 0 Å². The fourth-order valence-electron chi connectivity index (χ4n) is 2.53. The highest BCUT2D eigenvalue weighted by atomic mass is 35.5. The Hall–Kier alpha value is -1.35. The SMILES string of the molecule is O=C1c2ccc(Cl)cc2[C@@H](c2ccc(Cl)cc2)[C@H]1O. The first-order valence-corrected chi connectivity index (χ1v) is 6.60. The number of hydrogen-bond donors (Lipinski definition) is 1. The van der Waals surface area contributed by atoms with E-state index < -0.39 is 6.10 Å². The summed E-state index contributed by atoms with van der Waals surface area (Å²) < 4.78 is 0. The van der Waals surface area contributed by atoms with Gasteiger partial charge in [0, 0.05) is 21.5 Å². The molecule has 0 aromatic heterocycles. The minimum Gasteiger partial charge on any atom is -0.384 e. The molecule has 0 amide bonds. The first kappa shape index (κ1) is 12.7. The van der Waals surface area contributed by atoms with Crippen molar-refractivity contribution in [1.82, 2.24) is 0 Å². The Morgan fingerprint density at radius 2 is 1.58 bits per heavy atom. The maximum atomic E-state index is 12.0. The Kier molecular flexibility index (Phi) is 3.09. The number of hydrogen-bond acceptors (Lipinski definition) is 2. The van der Waals surface area contributed by atoms with Crippen LogP contribution < -0.4 is 0 Å². The number of Topliss-reactive ketones (excluding diaryl/α,β-unsaturated/α-hetero) is 1. The van der Waals surface area contributed by atoms with Crippen LogP contribution in [-0.4, -0.2) is 17.0 Å². The average Bonchev–Trinajstić information content (AvgIpc) is 2.63. The van der Waals surface area contributed by atoms with Crippen LogP contribution in [0.2, 0.25) is 10.0 Å². The molecule has 3 rings (SSSR count). The van der Waals surface area contributed by atoms with Crippen molar-refractivity contribution in [2.75, 3.05) is 0 Å². The zero-order valence-corrected chi connectivity index (χ0v) is 11.3. The third-order valence-electron chi connectivity index (χ3n) is 3.43. The molecule has 0 heterocycles. The average molecular weight is 293 g/mol. The molecule has 2 aromatic rings. The fourth-order valence-corrected chi connectivity index (χ4v) is 2.83. The second kappa shape index (κ2) is 4.64. The van der Waals surface area contributed by atoms with Gasteiger partial charge in [-0.3, -0.25) is 4.79 Å². The van der Waals surface area contributed by atoms with Gasteiger partial charge in [-0.1, -0.05) is 35.3 Å². The quantitative estimate of drug-likeness (QED) is 0.870. The summed E-state index contributed by atoms with van der Waals surface area (Å²) in [6.07, 6.45) is -1.06. The number of ketones is 1. The van der Waals surface area contributed by atoms with Crippen molar-refractivity contribution < 1.29 is 9.90 Å². The lowest BCUT2D eigenvalue weighted by atomic mass is 9.91. The van der Waals surface area contributed by atoms with Gasteiger partial charge in [0.15, 0.2) is 5.78 Å². The first-order valence-electron chi connectivity index (χ1n) is 5.85. The molecular formula is C15H10Cl2O2. The van der Waals surface area contributed by atoms with Gasteiger partial charge in [0.2, 0.25) is 0 Å². The third kappa shape index (κ3) is 2.06. The normalized spacial score (nSPS) is 21.5. The van der Waals surface area contributed by atoms with Crippen LogP contribution in [0.15, 0.2) is 42.5 Å². The molecule has 2 atom stereocenters. The molecule has 0 saturated heterocycles. The van der Waals surface area contributed by atoms with Gasteiger partial charge in [0.05, 0.1) is 0 Å². The monoisotopic (exact) mass is 292 g/mol. The van der Waals surface area contributed by atoms with Gasteiger partial charge in [-0.05, 0) is 41.5 Å². The molecule has 0 bridgehead atoms. The van der Waals surface area contributed by atoms with E-state index in [9.17, 15) is 9.90 Å². The summed E-state index contributed by atoms with van der Waals surface area (Å²) in [5.74, 6) is -0.634. The van der Waals surface area contributed by atoms with Crippen molar-refractivity contribution >= 4 is 29.0 Å². The minimum absolute atomic E-state index is 0.258. The van der Waals surface area contributed by atoms with Crippen LogP contribution in [0.3, 0.4) is 0 Å². The molecular weight excluding hydrogens is 283 g/mol. The van der Waals surface area contributed by atoms with Crippen molar-refractivity contribution in [1.29, 1.82) is 0 Å². The molecule has 1 N–H and O–H groups in total. The molecule has 2 nitrogen and oxygen atoms in total. The zero-order chi connectivity index (χ0) is 13.6. The summed E-state index contributed by atoms with van der Waals surface area (Å²) >= 11 is 11.8. The van der Waals surface area contributed by atoms with E-state index in [1.807, 2.05) is 12.1 Å².